The number of methoxy groups -OCH3 is 1. The zero-order valence-electron chi connectivity index (χ0n) is 13.7. The fraction of sp³-hybridized carbons (Fsp3) is 0.562. The number of fused-ring (bicyclic) bond motifs is 1. The molecule has 0 amide bonds. The van der Waals surface area contributed by atoms with Gasteiger partial charge in [0.05, 0.1) is 17.8 Å². The minimum atomic E-state index is 0.661. The van der Waals surface area contributed by atoms with E-state index in [0.29, 0.717) is 6.61 Å². The fourth-order valence-electron chi connectivity index (χ4n) is 2.29. The Labute approximate surface area is 131 Å². The lowest BCUT2D eigenvalue weighted by Gasteiger charge is -2.14. The molecule has 22 heavy (non-hydrogen) atoms. The summed E-state index contributed by atoms with van der Waals surface area (Å²) in [4.78, 5) is 2.25. The second-order valence-electron chi connectivity index (χ2n) is 5.41. The zero-order chi connectivity index (χ0) is 15.8. The van der Waals surface area contributed by atoms with E-state index in [-0.39, 0.29) is 0 Å². The van der Waals surface area contributed by atoms with Crippen LogP contribution in [0.25, 0.3) is 10.9 Å². The predicted octanol–water partition coefficient (Wildman–Crippen LogP) is 1.63. The Balaban J connectivity index is 2.01. The molecular weight excluding hydrogens is 280 g/mol. The fourth-order valence-corrected chi connectivity index (χ4v) is 2.29. The smallest absolute Gasteiger partial charge is 0.120 e. The molecule has 0 spiro atoms. The first kappa shape index (κ1) is 16.7. The lowest BCUT2D eigenvalue weighted by molar-refractivity contribution is 0.172. The predicted molar refractivity (Wildman–Crippen MR) is 88.3 cm³/mol. The average molecular weight is 306 g/mol. The molecule has 122 valence electrons. The second kappa shape index (κ2) is 8.73. The number of nitrogens with one attached hydrogen (secondary N) is 2. The molecule has 1 aromatic carbocycles. The summed E-state index contributed by atoms with van der Waals surface area (Å²) in [6.45, 7) is 4.14. The van der Waals surface area contributed by atoms with Gasteiger partial charge in [-0.2, -0.15) is 5.10 Å². The lowest BCUT2D eigenvalue weighted by atomic mass is 10.2. The highest BCUT2D eigenvalue weighted by molar-refractivity contribution is 5.82. The van der Waals surface area contributed by atoms with Crippen LogP contribution >= 0.6 is 0 Å². The van der Waals surface area contributed by atoms with Crippen molar-refractivity contribution >= 4 is 10.9 Å². The Hall–Kier alpha value is -1.63. The number of ether oxygens (including phenoxy) is 2. The van der Waals surface area contributed by atoms with Crippen LogP contribution in [0.3, 0.4) is 0 Å². The number of rotatable bonds is 10. The summed E-state index contributed by atoms with van der Waals surface area (Å²) in [6, 6.07) is 6.06. The molecule has 1 aromatic heterocycles. The van der Waals surface area contributed by atoms with Crippen LogP contribution in [0.2, 0.25) is 0 Å². The number of H-pyrrole nitrogens is 1. The molecule has 2 rings (SSSR count). The van der Waals surface area contributed by atoms with E-state index in [1.807, 2.05) is 19.2 Å². The SMILES string of the molecule is CNCCN(C)Cc1n[nH]c2ccc(OCCCOC)cc12. The van der Waals surface area contributed by atoms with Crippen molar-refractivity contribution in [1.29, 1.82) is 0 Å². The third-order valence-corrected chi connectivity index (χ3v) is 3.54. The van der Waals surface area contributed by atoms with Gasteiger partial charge in [-0.15, -0.1) is 0 Å². The average Bonchev–Trinajstić information content (AvgIpc) is 2.92. The summed E-state index contributed by atoms with van der Waals surface area (Å²) in [7, 11) is 5.77. The Bertz CT molecular complexity index is 570. The van der Waals surface area contributed by atoms with Gasteiger partial charge in [-0.05, 0) is 32.3 Å². The van der Waals surface area contributed by atoms with Gasteiger partial charge in [0.1, 0.15) is 5.75 Å². The van der Waals surface area contributed by atoms with Gasteiger partial charge in [0.2, 0.25) is 0 Å². The normalized spacial score (nSPS) is 11.5. The number of nitrogens with zero attached hydrogens (tertiary/aromatic N) is 2. The summed E-state index contributed by atoms with van der Waals surface area (Å²) < 4.78 is 10.8. The van der Waals surface area contributed by atoms with Crippen LogP contribution in [0.15, 0.2) is 18.2 Å². The van der Waals surface area contributed by atoms with Crippen molar-refractivity contribution in [3.8, 4) is 5.75 Å². The van der Waals surface area contributed by atoms with Crippen molar-refractivity contribution in [3.63, 3.8) is 0 Å². The number of benzene rings is 1. The highest BCUT2D eigenvalue weighted by atomic mass is 16.5. The minimum absolute atomic E-state index is 0.661. The van der Waals surface area contributed by atoms with Crippen LogP contribution in [-0.2, 0) is 11.3 Å². The molecule has 0 bridgehead atoms. The molecule has 2 N–H and O–H groups in total. The molecule has 0 radical (unpaired) electrons. The molecule has 0 saturated heterocycles. The summed E-state index contributed by atoms with van der Waals surface area (Å²) in [6.07, 6.45) is 0.888. The van der Waals surface area contributed by atoms with Crippen LogP contribution < -0.4 is 10.1 Å². The van der Waals surface area contributed by atoms with E-state index in [0.717, 1.165) is 55.0 Å². The third-order valence-electron chi connectivity index (χ3n) is 3.54. The van der Waals surface area contributed by atoms with E-state index >= 15 is 0 Å². The molecule has 0 aliphatic carbocycles. The van der Waals surface area contributed by atoms with Gasteiger partial charge in [0.15, 0.2) is 0 Å². The van der Waals surface area contributed by atoms with Crippen LogP contribution in [-0.4, -0.2) is 62.6 Å². The first-order valence-corrected chi connectivity index (χ1v) is 7.66. The maximum absolute atomic E-state index is 5.77. The standard InChI is InChI=1S/C16H26N4O2/c1-17-7-8-20(2)12-16-14-11-13(22-10-4-9-21-3)5-6-15(14)18-19-16/h5-6,11,17H,4,7-10,12H2,1-3H3,(H,18,19). The zero-order valence-corrected chi connectivity index (χ0v) is 13.7. The second-order valence-corrected chi connectivity index (χ2v) is 5.41. The monoisotopic (exact) mass is 306 g/mol. The van der Waals surface area contributed by atoms with E-state index < -0.39 is 0 Å². The van der Waals surface area contributed by atoms with Gasteiger partial charge in [0, 0.05) is 45.2 Å². The van der Waals surface area contributed by atoms with E-state index in [1.165, 1.54) is 0 Å². The molecule has 1 heterocycles. The van der Waals surface area contributed by atoms with Crippen molar-refractivity contribution in [1.82, 2.24) is 20.4 Å². The molecule has 0 aliphatic rings. The maximum atomic E-state index is 5.77. The minimum Gasteiger partial charge on any atom is -0.493 e. The number of aromatic nitrogens is 2. The Morgan fingerprint density at radius 1 is 1.32 bits per heavy atom. The Morgan fingerprint density at radius 2 is 2.18 bits per heavy atom. The van der Waals surface area contributed by atoms with Gasteiger partial charge in [-0.1, -0.05) is 0 Å². The van der Waals surface area contributed by atoms with Crippen molar-refractivity contribution in [2.24, 2.45) is 0 Å². The first-order valence-electron chi connectivity index (χ1n) is 7.66. The van der Waals surface area contributed by atoms with Crippen LogP contribution in [0.4, 0.5) is 0 Å². The summed E-state index contributed by atoms with van der Waals surface area (Å²) in [5.74, 6) is 0.879. The summed E-state index contributed by atoms with van der Waals surface area (Å²) in [5.41, 5.74) is 2.09. The molecule has 0 fully saturated rings. The summed E-state index contributed by atoms with van der Waals surface area (Å²) in [5, 5.41) is 11.8. The maximum Gasteiger partial charge on any atom is 0.120 e. The Morgan fingerprint density at radius 3 is 2.95 bits per heavy atom. The number of likely N-dealkylation sites (N-methyl/N-ethyl adjacent to an activating group) is 2. The molecule has 0 aliphatic heterocycles. The van der Waals surface area contributed by atoms with Gasteiger partial charge < -0.3 is 14.8 Å². The highest BCUT2D eigenvalue weighted by Gasteiger charge is 2.09. The van der Waals surface area contributed by atoms with Crippen LogP contribution in [0.1, 0.15) is 12.1 Å². The van der Waals surface area contributed by atoms with E-state index in [1.54, 1.807) is 7.11 Å². The van der Waals surface area contributed by atoms with Crippen LogP contribution in [0.5, 0.6) is 5.75 Å². The van der Waals surface area contributed by atoms with Crippen molar-refractivity contribution in [2.75, 3.05) is 47.5 Å². The quantitative estimate of drug-likeness (QED) is 0.653. The molecule has 0 unspecified atom stereocenters. The van der Waals surface area contributed by atoms with Crippen LogP contribution in [0, 0.1) is 0 Å². The van der Waals surface area contributed by atoms with Crippen molar-refractivity contribution < 1.29 is 9.47 Å². The van der Waals surface area contributed by atoms with E-state index in [4.69, 9.17) is 9.47 Å². The van der Waals surface area contributed by atoms with Gasteiger partial charge in [0.25, 0.3) is 0 Å². The van der Waals surface area contributed by atoms with Gasteiger partial charge >= 0.3 is 0 Å². The Kier molecular flexibility index (Phi) is 6.64. The molecule has 2 aromatic rings. The number of hydrogen-bond acceptors (Lipinski definition) is 5. The topological polar surface area (TPSA) is 62.4 Å². The molecule has 0 atom stereocenters. The van der Waals surface area contributed by atoms with E-state index in [2.05, 4.69) is 33.5 Å². The summed E-state index contributed by atoms with van der Waals surface area (Å²) >= 11 is 0. The number of hydrogen-bond donors (Lipinski definition) is 2. The highest BCUT2D eigenvalue weighted by Crippen LogP contribution is 2.23. The molecular formula is C16H26N4O2. The van der Waals surface area contributed by atoms with E-state index in [9.17, 15) is 0 Å². The molecule has 0 saturated carbocycles. The molecule has 6 heteroatoms. The van der Waals surface area contributed by atoms with Gasteiger partial charge in [-0.25, -0.2) is 0 Å². The largest absolute Gasteiger partial charge is 0.493 e. The lowest BCUT2D eigenvalue weighted by Crippen LogP contribution is -2.27. The number of aromatic amines is 1. The van der Waals surface area contributed by atoms with Crippen molar-refractivity contribution in [2.45, 2.75) is 13.0 Å². The first-order chi connectivity index (χ1) is 10.7. The van der Waals surface area contributed by atoms with Gasteiger partial charge in [-0.3, -0.25) is 10.00 Å². The van der Waals surface area contributed by atoms with Crippen molar-refractivity contribution in [3.05, 3.63) is 23.9 Å². The third kappa shape index (κ3) is 4.69. The molecule has 6 nitrogen and oxygen atoms in total.